The Morgan fingerprint density at radius 2 is 2.08 bits per heavy atom. The number of likely N-dealkylation sites (tertiary alicyclic amines) is 1. The minimum atomic E-state index is -0.399. The molecule has 144 valence electrons. The molecule has 1 unspecified atom stereocenters. The predicted octanol–water partition coefficient (Wildman–Crippen LogP) is -1.32. The van der Waals surface area contributed by atoms with Crippen LogP contribution in [0, 0.1) is 5.92 Å². The van der Waals surface area contributed by atoms with Gasteiger partial charge < -0.3 is 15.0 Å². The number of hydrogen-bond acceptors (Lipinski definition) is 6. The standard InChI is InChI=1S/C16H26N6O4/c23-14-3-2-12(15(24)17-10-13-18-16(25)20-19-13)11-22(14)5-1-4-21-6-8-26-9-7-21/h12H,1-11H2,(H,17,24)(H2,18,19,20,25). The van der Waals surface area contributed by atoms with Crippen molar-refractivity contribution in [2.75, 3.05) is 45.9 Å². The molecule has 3 heterocycles. The molecule has 26 heavy (non-hydrogen) atoms. The van der Waals surface area contributed by atoms with E-state index in [0.29, 0.717) is 31.8 Å². The summed E-state index contributed by atoms with van der Waals surface area (Å²) in [5.74, 6) is 0.173. The summed E-state index contributed by atoms with van der Waals surface area (Å²) in [4.78, 5) is 42.1. The Morgan fingerprint density at radius 3 is 2.81 bits per heavy atom. The highest BCUT2D eigenvalue weighted by Gasteiger charge is 2.30. The topological polar surface area (TPSA) is 123 Å². The molecule has 10 nitrogen and oxygen atoms in total. The third kappa shape index (κ3) is 5.15. The van der Waals surface area contributed by atoms with Gasteiger partial charge in [-0.25, -0.2) is 9.89 Å². The lowest BCUT2D eigenvalue weighted by atomic mass is 9.96. The first-order valence-corrected chi connectivity index (χ1v) is 9.11. The van der Waals surface area contributed by atoms with Crippen molar-refractivity contribution in [3.63, 3.8) is 0 Å². The van der Waals surface area contributed by atoms with Gasteiger partial charge in [-0.1, -0.05) is 0 Å². The summed E-state index contributed by atoms with van der Waals surface area (Å²) in [5, 5.41) is 8.79. The van der Waals surface area contributed by atoms with Crippen LogP contribution in [0.3, 0.4) is 0 Å². The first kappa shape index (κ1) is 18.6. The molecule has 0 spiro atoms. The van der Waals surface area contributed by atoms with Crippen molar-refractivity contribution >= 4 is 11.8 Å². The molecule has 2 aliphatic heterocycles. The van der Waals surface area contributed by atoms with Crippen molar-refractivity contribution in [3.05, 3.63) is 16.3 Å². The molecule has 0 aliphatic carbocycles. The number of hydrogen-bond donors (Lipinski definition) is 3. The van der Waals surface area contributed by atoms with Crippen LogP contribution in [-0.4, -0.2) is 82.7 Å². The van der Waals surface area contributed by atoms with Crippen molar-refractivity contribution in [2.45, 2.75) is 25.8 Å². The maximum atomic E-state index is 12.4. The van der Waals surface area contributed by atoms with E-state index in [0.717, 1.165) is 39.3 Å². The van der Waals surface area contributed by atoms with E-state index in [9.17, 15) is 14.4 Å². The van der Waals surface area contributed by atoms with Gasteiger partial charge in [-0.2, -0.15) is 5.10 Å². The Balaban J connectivity index is 1.41. The summed E-state index contributed by atoms with van der Waals surface area (Å²) < 4.78 is 5.33. The number of nitrogens with one attached hydrogen (secondary N) is 3. The van der Waals surface area contributed by atoms with Crippen molar-refractivity contribution in [3.8, 4) is 0 Å². The zero-order chi connectivity index (χ0) is 18.4. The second kappa shape index (κ2) is 8.95. The van der Waals surface area contributed by atoms with E-state index in [1.54, 1.807) is 4.90 Å². The van der Waals surface area contributed by atoms with Crippen LogP contribution >= 0.6 is 0 Å². The molecule has 2 fully saturated rings. The normalized spacial score (nSPS) is 21.8. The lowest BCUT2D eigenvalue weighted by Crippen LogP contribution is -2.46. The molecule has 1 aromatic heterocycles. The van der Waals surface area contributed by atoms with E-state index < -0.39 is 5.69 Å². The van der Waals surface area contributed by atoms with Gasteiger partial charge in [0.05, 0.1) is 25.7 Å². The highest BCUT2D eigenvalue weighted by molar-refractivity contribution is 5.83. The average Bonchev–Trinajstić information content (AvgIpc) is 3.07. The number of aromatic nitrogens is 3. The zero-order valence-electron chi connectivity index (χ0n) is 14.8. The van der Waals surface area contributed by atoms with Gasteiger partial charge >= 0.3 is 5.69 Å². The Bertz CT molecular complexity index is 666. The first-order valence-electron chi connectivity index (χ1n) is 9.11. The van der Waals surface area contributed by atoms with Crippen LogP contribution in [0.5, 0.6) is 0 Å². The second-order valence-electron chi connectivity index (χ2n) is 6.73. The zero-order valence-corrected chi connectivity index (χ0v) is 14.8. The molecule has 2 saturated heterocycles. The number of rotatable bonds is 7. The lowest BCUT2D eigenvalue weighted by molar-refractivity contribution is -0.138. The highest BCUT2D eigenvalue weighted by Crippen LogP contribution is 2.18. The molecular formula is C16H26N6O4. The SMILES string of the molecule is O=C(NCc1n[nH]c(=O)[nH]1)C1CCC(=O)N(CCCN2CCOCC2)C1. The van der Waals surface area contributed by atoms with Crippen LogP contribution in [0.2, 0.25) is 0 Å². The van der Waals surface area contributed by atoms with Gasteiger partial charge in [0, 0.05) is 39.1 Å². The fourth-order valence-electron chi connectivity index (χ4n) is 3.36. The van der Waals surface area contributed by atoms with Gasteiger partial charge in [-0.05, 0) is 12.8 Å². The van der Waals surface area contributed by atoms with E-state index in [-0.39, 0.29) is 24.3 Å². The number of amides is 2. The molecule has 0 bridgehead atoms. The quantitative estimate of drug-likeness (QED) is 0.550. The van der Waals surface area contributed by atoms with Gasteiger partial charge in [0.1, 0.15) is 5.82 Å². The van der Waals surface area contributed by atoms with E-state index in [1.165, 1.54) is 0 Å². The van der Waals surface area contributed by atoms with Crippen LogP contribution in [0.15, 0.2) is 4.79 Å². The largest absolute Gasteiger partial charge is 0.379 e. The molecule has 10 heteroatoms. The Hall–Kier alpha value is -2.20. The van der Waals surface area contributed by atoms with Crippen molar-refractivity contribution in [1.82, 2.24) is 30.3 Å². The van der Waals surface area contributed by atoms with Gasteiger partial charge in [0.25, 0.3) is 0 Å². The van der Waals surface area contributed by atoms with Gasteiger partial charge in [0.15, 0.2) is 0 Å². The van der Waals surface area contributed by atoms with Gasteiger partial charge in [-0.15, -0.1) is 0 Å². The maximum absolute atomic E-state index is 12.4. The summed E-state index contributed by atoms with van der Waals surface area (Å²) in [5.41, 5.74) is -0.399. The molecular weight excluding hydrogens is 340 g/mol. The number of piperidine rings is 1. The van der Waals surface area contributed by atoms with Gasteiger partial charge in [-0.3, -0.25) is 19.5 Å². The minimum Gasteiger partial charge on any atom is -0.379 e. The highest BCUT2D eigenvalue weighted by atomic mass is 16.5. The van der Waals surface area contributed by atoms with Crippen LogP contribution in [0.4, 0.5) is 0 Å². The average molecular weight is 366 g/mol. The molecule has 1 atom stereocenters. The number of ether oxygens (including phenoxy) is 1. The summed E-state index contributed by atoms with van der Waals surface area (Å²) >= 11 is 0. The molecule has 0 radical (unpaired) electrons. The van der Waals surface area contributed by atoms with Crippen molar-refractivity contribution in [1.29, 1.82) is 0 Å². The summed E-state index contributed by atoms with van der Waals surface area (Å²) in [6.07, 6.45) is 1.85. The fraction of sp³-hybridized carbons (Fsp3) is 0.750. The Labute approximate surface area is 151 Å². The lowest BCUT2D eigenvalue weighted by Gasteiger charge is -2.33. The van der Waals surface area contributed by atoms with E-state index in [2.05, 4.69) is 25.4 Å². The Morgan fingerprint density at radius 1 is 1.27 bits per heavy atom. The molecule has 0 aromatic carbocycles. The second-order valence-corrected chi connectivity index (χ2v) is 6.73. The minimum absolute atomic E-state index is 0.112. The van der Waals surface area contributed by atoms with E-state index >= 15 is 0 Å². The number of morpholine rings is 1. The number of carbonyl (C=O) groups is 2. The molecule has 2 amide bonds. The number of nitrogens with zero attached hydrogens (tertiary/aromatic N) is 3. The first-order chi connectivity index (χ1) is 12.6. The van der Waals surface area contributed by atoms with E-state index in [4.69, 9.17) is 4.74 Å². The van der Waals surface area contributed by atoms with Crippen LogP contribution < -0.4 is 11.0 Å². The van der Waals surface area contributed by atoms with Gasteiger partial charge in [0.2, 0.25) is 11.8 Å². The van der Waals surface area contributed by atoms with Crippen molar-refractivity contribution in [2.24, 2.45) is 5.92 Å². The van der Waals surface area contributed by atoms with Crippen LogP contribution in [-0.2, 0) is 20.9 Å². The third-order valence-electron chi connectivity index (χ3n) is 4.86. The molecule has 3 rings (SSSR count). The Kier molecular flexibility index (Phi) is 6.40. The molecule has 1 aromatic rings. The van der Waals surface area contributed by atoms with Crippen LogP contribution in [0.25, 0.3) is 0 Å². The third-order valence-corrected chi connectivity index (χ3v) is 4.86. The molecule has 2 aliphatic rings. The summed E-state index contributed by atoms with van der Waals surface area (Å²) in [6, 6.07) is 0. The predicted molar refractivity (Wildman–Crippen MR) is 92.2 cm³/mol. The summed E-state index contributed by atoms with van der Waals surface area (Å²) in [7, 11) is 0. The fourth-order valence-corrected chi connectivity index (χ4v) is 3.36. The molecule has 3 N–H and O–H groups in total. The number of carbonyl (C=O) groups excluding carboxylic acids is 2. The summed E-state index contributed by atoms with van der Waals surface area (Å²) in [6.45, 7) is 5.65. The maximum Gasteiger partial charge on any atom is 0.340 e. The number of aromatic amines is 2. The number of H-pyrrole nitrogens is 2. The van der Waals surface area contributed by atoms with Crippen molar-refractivity contribution < 1.29 is 14.3 Å². The smallest absolute Gasteiger partial charge is 0.340 e. The van der Waals surface area contributed by atoms with E-state index in [1.807, 2.05) is 0 Å². The monoisotopic (exact) mass is 366 g/mol. The molecule has 0 saturated carbocycles. The van der Waals surface area contributed by atoms with Crippen LogP contribution in [0.1, 0.15) is 25.1 Å².